The van der Waals surface area contributed by atoms with E-state index in [0.29, 0.717) is 5.92 Å². The average Bonchev–Trinajstić information content (AvgIpc) is 3.07. The van der Waals surface area contributed by atoms with Gasteiger partial charge in [-0.05, 0) is 43.4 Å². The maximum absolute atomic E-state index is 11.6. The Balaban J connectivity index is 1.75. The Labute approximate surface area is 150 Å². The van der Waals surface area contributed by atoms with E-state index in [9.17, 15) is 8.42 Å². The third kappa shape index (κ3) is 4.22. The molecule has 0 bridgehead atoms. The molecule has 1 fully saturated rings. The van der Waals surface area contributed by atoms with Crippen LogP contribution < -0.4 is 4.72 Å². The Morgan fingerprint density at radius 1 is 1.32 bits per heavy atom. The number of nitrogens with zero attached hydrogens (tertiary/aromatic N) is 2. The monoisotopic (exact) mass is 364 g/mol. The van der Waals surface area contributed by atoms with Crippen molar-refractivity contribution in [3.63, 3.8) is 0 Å². The van der Waals surface area contributed by atoms with E-state index in [2.05, 4.69) is 47.5 Å². The maximum Gasteiger partial charge on any atom is 0.209 e. The lowest BCUT2D eigenvalue weighted by atomic mass is 9.99. The predicted molar refractivity (Wildman–Crippen MR) is 101 cm³/mol. The first kappa shape index (κ1) is 18.4. The van der Waals surface area contributed by atoms with Gasteiger partial charge in [0, 0.05) is 19.1 Å². The summed E-state index contributed by atoms with van der Waals surface area (Å²) in [6.07, 6.45) is 3.33. The number of hydrogen-bond donors (Lipinski definition) is 2. The zero-order valence-corrected chi connectivity index (χ0v) is 16.3. The van der Waals surface area contributed by atoms with Crippen LogP contribution in [0.15, 0.2) is 12.1 Å². The number of aromatic nitrogens is 2. The van der Waals surface area contributed by atoms with Crippen molar-refractivity contribution in [1.29, 1.82) is 0 Å². The van der Waals surface area contributed by atoms with Crippen LogP contribution in [0.4, 0.5) is 0 Å². The number of fused-ring (bicyclic) bond motifs is 1. The molecule has 3 rings (SSSR count). The van der Waals surface area contributed by atoms with E-state index in [-0.39, 0.29) is 6.04 Å². The molecule has 0 radical (unpaired) electrons. The molecule has 7 heteroatoms. The van der Waals surface area contributed by atoms with Gasteiger partial charge in [-0.2, -0.15) is 0 Å². The van der Waals surface area contributed by atoms with Crippen molar-refractivity contribution >= 4 is 21.1 Å². The fourth-order valence-corrected chi connectivity index (χ4v) is 4.63. The minimum atomic E-state index is -3.19. The number of benzene rings is 1. The van der Waals surface area contributed by atoms with Crippen LogP contribution in [-0.2, 0) is 16.6 Å². The van der Waals surface area contributed by atoms with Crippen molar-refractivity contribution in [2.24, 2.45) is 5.92 Å². The summed E-state index contributed by atoms with van der Waals surface area (Å²) in [5.74, 6) is 1.30. The van der Waals surface area contributed by atoms with E-state index >= 15 is 0 Å². The van der Waals surface area contributed by atoms with Gasteiger partial charge < -0.3 is 4.98 Å². The minimum Gasteiger partial charge on any atom is -0.341 e. The molecule has 25 heavy (non-hydrogen) atoms. The summed E-state index contributed by atoms with van der Waals surface area (Å²) >= 11 is 0. The summed E-state index contributed by atoms with van der Waals surface area (Å²) in [5.41, 5.74) is 4.55. The zero-order chi connectivity index (χ0) is 18.2. The molecule has 2 N–H and O–H groups in total. The fraction of sp³-hybridized carbons (Fsp3) is 0.611. The highest BCUT2D eigenvalue weighted by Crippen LogP contribution is 2.25. The van der Waals surface area contributed by atoms with Crippen molar-refractivity contribution in [3.8, 4) is 0 Å². The minimum absolute atomic E-state index is 0.0108. The molecule has 1 aromatic carbocycles. The highest BCUT2D eigenvalue weighted by molar-refractivity contribution is 7.88. The van der Waals surface area contributed by atoms with Crippen LogP contribution in [0.2, 0.25) is 0 Å². The lowest BCUT2D eigenvalue weighted by molar-refractivity contribution is 0.306. The van der Waals surface area contributed by atoms with E-state index in [1.807, 2.05) is 0 Å². The standard InChI is InChI=1S/C18H28N4O2S/c1-5-6-14-9-22(10-16(14)21-25(4,23)24)11-17-19-15-8-7-12(2)13(3)18(15)20-17/h7-8,14,16,21H,5-6,9-11H2,1-4H3,(H,19,20)/t14-,16-/m1/s1. The van der Waals surface area contributed by atoms with Gasteiger partial charge in [-0.15, -0.1) is 0 Å². The lowest BCUT2D eigenvalue weighted by Crippen LogP contribution is -2.39. The summed E-state index contributed by atoms with van der Waals surface area (Å²) in [6.45, 7) is 8.69. The third-order valence-electron chi connectivity index (χ3n) is 5.14. The number of rotatable bonds is 6. The molecular formula is C18H28N4O2S. The third-order valence-corrected chi connectivity index (χ3v) is 5.87. The second-order valence-electron chi connectivity index (χ2n) is 7.33. The van der Waals surface area contributed by atoms with Crippen molar-refractivity contribution in [3.05, 3.63) is 29.1 Å². The molecule has 138 valence electrons. The number of hydrogen-bond acceptors (Lipinski definition) is 4. The highest BCUT2D eigenvalue weighted by Gasteiger charge is 2.34. The molecule has 0 spiro atoms. The molecule has 0 aliphatic carbocycles. The molecule has 1 aromatic heterocycles. The number of imidazole rings is 1. The molecule has 2 heterocycles. The predicted octanol–water partition coefficient (Wildman–Crippen LogP) is 2.33. The van der Waals surface area contributed by atoms with Crippen LogP contribution in [0, 0.1) is 19.8 Å². The van der Waals surface area contributed by atoms with E-state index < -0.39 is 10.0 Å². The largest absolute Gasteiger partial charge is 0.341 e. The van der Waals surface area contributed by atoms with Crippen LogP contribution in [-0.4, -0.2) is 48.7 Å². The van der Waals surface area contributed by atoms with Gasteiger partial charge in [0.15, 0.2) is 0 Å². The molecule has 1 saturated heterocycles. The van der Waals surface area contributed by atoms with Gasteiger partial charge in [-0.1, -0.05) is 19.4 Å². The molecule has 1 aliphatic rings. The number of nitrogens with one attached hydrogen (secondary N) is 2. The van der Waals surface area contributed by atoms with Crippen LogP contribution in [0.5, 0.6) is 0 Å². The Morgan fingerprint density at radius 3 is 2.76 bits per heavy atom. The normalized spacial score (nSPS) is 22.1. The van der Waals surface area contributed by atoms with Crippen LogP contribution >= 0.6 is 0 Å². The van der Waals surface area contributed by atoms with Crippen molar-refractivity contribution in [2.75, 3.05) is 19.3 Å². The number of aryl methyl sites for hydroxylation is 2. The average molecular weight is 365 g/mol. The van der Waals surface area contributed by atoms with Crippen molar-refractivity contribution in [1.82, 2.24) is 19.6 Å². The molecule has 0 amide bonds. The topological polar surface area (TPSA) is 78.1 Å². The first-order valence-corrected chi connectivity index (χ1v) is 10.8. The van der Waals surface area contributed by atoms with E-state index in [4.69, 9.17) is 4.98 Å². The Morgan fingerprint density at radius 2 is 2.08 bits per heavy atom. The summed E-state index contributed by atoms with van der Waals surface area (Å²) < 4.78 is 26.1. The van der Waals surface area contributed by atoms with Crippen LogP contribution in [0.25, 0.3) is 11.0 Å². The first-order chi connectivity index (χ1) is 11.8. The molecule has 0 saturated carbocycles. The second-order valence-corrected chi connectivity index (χ2v) is 9.11. The van der Waals surface area contributed by atoms with Gasteiger partial charge in [0.2, 0.25) is 10.0 Å². The van der Waals surface area contributed by atoms with Crippen molar-refractivity contribution in [2.45, 2.75) is 46.2 Å². The maximum atomic E-state index is 11.6. The van der Waals surface area contributed by atoms with Gasteiger partial charge in [0.1, 0.15) is 5.82 Å². The molecule has 0 unspecified atom stereocenters. The molecule has 2 atom stereocenters. The number of likely N-dealkylation sites (tertiary alicyclic amines) is 1. The van der Waals surface area contributed by atoms with Gasteiger partial charge in [-0.3, -0.25) is 4.90 Å². The number of sulfonamides is 1. The van der Waals surface area contributed by atoms with Crippen molar-refractivity contribution < 1.29 is 8.42 Å². The Hall–Kier alpha value is -1.44. The van der Waals surface area contributed by atoms with Gasteiger partial charge in [0.05, 0.1) is 23.8 Å². The highest BCUT2D eigenvalue weighted by atomic mass is 32.2. The molecule has 6 nitrogen and oxygen atoms in total. The summed E-state index contributed by atoms with van der Waals surface area (Å²) in [7, 11) is -3.19. The van der Waals surface area contributed by atoms with Crippen LogP contribution in [0.1, 0.15) is 36.7 Å². The summed E-state index contributed by atoms with van der Waals surface area (Å²) in [4.78, 5) is 10.5. The Bertz CT molecular complexity index is 859. The Kier molecular flexibility index (Phi) is 5.18. The molecular weight excluding hydrogens is 336 g/mol. The first-order valence-electron chi connectivity index (χ1n) is 8.91. The van der Waals surface area contributed by atoms with E-state index in [1.54, 1.807) is 0 Å². The quantitative estimate of drug-likeness (QED) is 0.825. The smallest absolute Gasteiger partial charge is 0.209 e. The van der Waals surface area contributed by atoms with Gasteiger partial charge >= 0.3 is 0 Å². The summed E-state index contributed by atoms with van der Waals surface area (Å²) in [6, 6.07) is 4.17. The number of H-pyrrole nitrogens is 1. The van der Waals surface area contributed by atoms with Crippen LogP contribution in [0.3, 0.4) is 0 Å². The van der Waals surface area contributed by atoms with E-state index in [1.165, 1.54) is 17.4 Å². The number of aromatic amines is 1. The second kappa shape index (κ2) is 7.05. The van der Waals surface area contributed by atoms with Gasteiger partial charge in [0.25, 0.3) is 0 Å². The zero-order valence-electron chi connectivity index (χ0n) is 15.5. The van der Waals surface area contributed by atoms with Gasteiger partial charge in [-0.25, -0.2) is 18.1 Å². The summed E-state index contributed by atoms with van der Waals surface area (Å²) in [5, 5.41) is 0. The fourth-order valence-electron chi connectivity index (χ4n) is 3.81. The SMILES string of the molecule is CCC[C@@H]1CN(Cc2nc3c(C)c(C)ccc3[nH]2)C[C@H]1NS(C)(=O)=O. The molecule has 1 aliphatic heterocycles. The lowest BCUT2D eigenvalue weighted by Gasteiger charge is -2.17. The van der Waals surface area contributed by atoms with E-state index in [0.717, 1.165) is 49.3 Å². The molecule has 2 aromatic rings.